The summed E-state index contributed by atoms with van der Waals surface area (Å²) >= 11 is 0. The zero-order valence-corrected chi connectivity index (χ0v) is 9.67. The van der Waals surface area contributed by atoms with Crippen molar-refractivity contribution in [3.05, 3.63) is 18.1 Å². The van der Waals surface area contributed by atoms with Crippen molar-refractivity contribution < 1.29 is 14.6 Å². The molecule has 0 aromatic carbocycles. The second kappa shape index (κ2) is 5.09. The van der Waals surface area contributed by atoms with Crippen molar-refractivity contribution in [3.63, 3.8) is 0 Å². The Hall–Kier alpha value is -1.69. The molecule has 1 fully saturated rings. The highest BCUT2D eigenvalue weighted by Crippen LogP contribution is 2.18. The molecule has 0 atom stereocenters. The summed E-state index contributed by atoms with van der Waals surface area (Å²) in [5, 5.41) is 8.95. The SMILES string of the molecule is CN1CCC(Oc2nccnc2C(=O)O)CC1. The van der Waals surface area contributed by atoms with Crippen LogP contribution in [0.5, 0.6) is 5.88 Å². The van der Waals surface area contributed by atoms with Gasteiger partial charge in [0, 0.05) is 25.5 Å². The predicted molar refractivity (Wildman–Crippen MR) is 60.1 cm³/mol. The third-order valence-corrected chi connectivity index (χ3v) is 2.81. The summed E-state index contributed by atoms with van der Waals surface area (Å²) in [5.74, 6) is -0.990. The molecule has 0 radical (unpaired) electrons. The van der Waals surface area contributed by atoms with E-state index in [0.717, 1.165) is 25.9 Å². The van der Waals surface area contributed by atoms with Gasteiger partial charge in [0.15, 0.2) is 0 Å². The molecule has 2 rings (SSSR count). The van der Waals surface area contributed by atoms with E-state index >= 15 is 0 Å². The summed E-state index contributed by atoms with van der Waals surface area (Å²) in [4.78, 5) is 20.8. The zero-order valence-electron chi connectivity index (χ0n) is 9.67. The number of hydrogen-bond acceptors (Lipinski definition) is 5. The van der Waals surface area contributed by atoms with E-state index in [9.17, 15) is 4.79 Å². The van der Waals surface area contributed by atoms with Crippen LogP contribution in [-0.2, 0) is 0 Å². The molecule has 1 aliphatic rings. The van der Waals surface area contributed by atoms with Gasteiger partial charge in [-0.1, -0.05) is 0 Å². The highest BCUT2D eigenvalue weighted by molar-refractivity contribution is 5.87. The zero-order chi connectivity index (χ0) is 12.3. The van der Waals surface area contributed by atoms with E-state index in [-0.39, 0.29) is 17.7 Å². The summed E-state index contributed by atoms with van der Waals surface area (Å²) in [6.07, 6.45) is 4.58. The molecule has 17 heavy (non-hydrogen) atoms. The van der Waals surface area contributed by atoms with Gasteiger partial charge < -0.3 is 14.7 Å². The summed E-state index contributed by atoms with van der Waals surface area (Å²) in [6.45, 7) is 1.90. The van der Waals surface area contributed by atoms with E-state index < -0.39 is 5.97 Å². The number of carboxylic acids is 1. The quantitative estimate of drug-likeness (QED) is 0.831. The molecular weight excluding hydrogens is 222 g/mol. The number of piperidine rings is 1. The lowest BCUT2D eigenvalue weighted by molar-refractivity contribution is 0.0669. The first-order valence-electron chi connectivity index (χ1n) is 5.56. The van der Waals surface area contributed by atoms with Crippen LogP contribution in [0.25, 0.3) is 0 Å². The van der Waals surface area contributed by atoms with Crippen LogP contribution in [0.2, 0.25) is 0 Å². The molecule has 1 saturated heterocycles. The van der Waals surface area contributed by atoms with Crippen LogP contribution in [-0.4, -0.2) is 52.2 Å². The number of carbonyl (C=O) groups is 1. The molecule has 6 nitrogen and oxygen atoms in total. The Bertz CT molecular complexity index is 403. The molecule has 2 heterocycles. The van der Waals surface area contributed by atoms with E-state index in [0.29, 0.717) is 0 Å². The fourth-order valence-corrected chi connectivity index (χ4v) is 1.82. The molecule has 1 aromatic rings. The third kappa shape index (κ3) is 2.91. The van der Waals surface area contributed by atoms with Crippen molar-refractivity contribution in [2.24, 2.45) is 0 Å². The summed E-state index contributed by atoms with van der Waals surface area (Å²) < 4.78 is 5.61. The number of nitrogens with zero attached hydrogens (tertiary/aromatic N) is 3. The third-order valence-electron chi connectivity index (χ3n) is 2.81. The van der Waals surface area contributed by atoms with Gasteiger partial charge in [0.05, 0.1) is 0 Å². The average molecular weight is 237 g/mol. The Kier molecular flexibility index (Phi) is 3.53. The first-order chi connectivity index (χ1) is 8.16. The van der Waals surface area contributed by atoms with E-state index in [1.165, 1.54) is 12.4 Å². The van der Waals surface area contributed by atoms with E-state index in [1.54, 1.807) is 0 Å². The van der Waals surface area contributed by atoms with Crippen molar-refractivity contribution in [2.45, 2.75) is 18.9 Å². The maximum Gasteiger partial charge on any atom is 0.360 e. The van der Waals surface area contributed by atoms with Crippen molar-refractivity contribution >= 4 is 5.97 Å². The summed E-state index contributed by atoms with van der Waals surface area (Å²) in [5.41, 5.74) is -0.119. The van der Waals surface area contributed by atoms with Crippen LogP contribution in [0, 0.1) is 0 Å². The minimum Gasteiger partial charge on any atom is -0.476 e. The first kappa shape index (κ1) is 11.8. The Morgan fingerprint density at radius 1 is 1.41 bits per heavy atom. The van der Waals surface area contributed by atoms with E-state index in [2.05, 4.69) is 21.9 Å². The van der Waals surface area contributed by atoms with Gasteiger partial charge in [-0.05, 0) is 19.9 Å². The van der Waals surface area contributed by atoms with Crippen LogP contribution in [0.3, 0.4) is 0 Å². The van der Waals surface area contributed by atoms with Crippen molar-refractivity contribution in [1.82, 2.24) is 14.9 Å². The average Bonchev–Trinajstić information content (AvgIpc) is 2.32. The van der Waals surface area contributed by atoms with E-state index in [1.807, 2.05) is 0 Å². The molecule has 92 valence electrons. The molecular formula is C11H15N3O3. The standard InChI is InChI=1S/C11H15N3O3/c1-14-6-2-8(3-7-14)17-10-9(11(15)16)12-4-5-13-10/h4-5,8H,2-3,6-7H2,1H3,(H,15,16). The number of likely N-dealkylation sites (tertiary alicyclic amines) is 1. The lowest BCUT2D eigenvalue weighted by atomic mass is 10.1. The first-order valence-corrected chi connectivity index (χ1v) is 5.56. The molecule has 0 aliphatic carbocycles. The van der Waals surface area contributed by atoms with Gasteiger partial charge in [-0.3, -0.25) is 0 Å². The van der Waals surface area contributed by atoms with Gasteiger partial charge in [0.25, 0.3) is 0 Å². The highest BCUT2D eigenvalue weighted by Gasteiger charge is 2.22. The maximum absolute atomic E-state index is 10.9. The molecule has 0 spiro atoms. The van der Waals surface area contributed by atoms with Gasteiger partial charge >= 0.3 is 5.97 Å². The number of carboxylic acid groups (broad SMARTS) is 1. The highest BCUT2D eigenvalue weighted by atomic mass is 16.5. The van der Waals surface area contributed by atoms with Gasteiger partial charge in [0.2, 0.25) is 11.6 Å². The second-order valence-corrected chi connectivity index (χ2v) is 4.14. The predicted octanol–water partition coefficient (Wildman–Crippen LogP) is 0.648. The lowest BCUT2D eigenvalue weighted by Gasteiger charge is -2.28. The fraction of sp³-hybridized carbons (Fsp3) is 0.545. The topological polar surface area (TPSA) is 75.5 Å². The molecule has 0 unspecified atom stereocenters. The monoisotopic (exact) mass is 237 g/mol. The molecule has 6 heteroatoms. The number of aromatic carboxylic acids is 1. The van der Waals surface area contributed by atoms with Gasteiger partial charge in [-0.15, -0.1) is 0 Å². The van der Waals surface area contributed by atoms with Crippen molar-refractivity contribution in [1.29, 1.82) is 0 Å². The maximum atomic E-state index is 10.9. The minimum absolute atomic E-state index is 0.0287. The molecule has 1 aliphatic heterocycles. The lowest BCUT2D eigenvalue weighted by Crippen LogP contribution is -2.36. The van der Waals surface area contributed by atoms with Crippen LogP contribution in [0.15, 0.2) is 12.4 Å². The van der Waals surface area contributed by atoms with Crippen LogP contribution < -0.4 is 4.74 Å². The molecule has 0 bridgehead atoms. The molecule has 0 saturated carbocycles. The normalized spacial score (nSPS) is 17.9. The Morgan fingerprint density at radius 3 is 2.71 bits per heavy atom. The summed E-state index contributed by atoms with van der Waals surface area (Å²) in [7, 11) is 2.06. The molecule has 0 amide bonds. The fourth-order valence-electron chi connectivity index (χ4n) is 1.82. The van der Waals surface area contributed by atoms with Crippen LogP contribution in [0.4, 0.5) is 0 Å². The Morgan fingerprint density at radius 2 is 2.06 bits per heavy atom. The molecule has 1 N–H and O–H groups in total. The number of rotatable bonds is 3. The second-order valence-electron chi connectivity index (χ2n) is 4.14. The van der Waals surface area contributed by atoms with E-state index in [4.69, 9.17) is 9.84 Å². The van der Waals surface area contributed by atoms with Gasteiger partial charge in [-0.25, -0.2) is 14.8 Å². The summed E-state index contributed by atoms with van der Waals surface area (Å²) in [6, 6.07) is 0. The van der Waals surface area contributed by atoms with Crippen LogP contribution >= 0.6 is 0 Å². The van der Waals surface area contributed by atoms with Gasteiger partial charge in [-0.2, -0.15) is 0 Å². The Labute approximate surface area is 99.2 Å². The van der Waals surface area contributed by atoms with Crippen LogP contribution in [0.1, 0.15) is 23.3 Å². The van der Waals surface area contributed by atoms with Crippen molar-refractivity contribution in [2.75, 3.05) is 20.1 Å². The molecule has 1 aromatic heterocycles. The largest absolute Gasteiger partial charge is 0.476 e. The minimum atomic E-state index is -1.11. The Balaban J connectivity index is 2.05. The van der Waals surface area contributed by atoms with Gasteiger partial charge in [0.1, 0.15) is 6.10 Å². The van der Waals surface area contributed by atoms with Crippen molar-refractivity contribution in [3.8, 4) is 5.88 Å². The number of hydrogen-bond donors (Lipinski definition) is 1. The number of ether oxygens (including phenoxy) is 1. The smallest absolute Gasteiger partial charge is 0.360 e. The number of aromatic nitrogens is 2.